The summed E-state index contributed by atoms with van der Waals surface area (Å²) in [6.45, 7) is 1.70. The highest BCUT2D eigenvalue weighted by Crippen LogP contribution is 2.30. The third kappa shape index (κ3) is 4.52. The maximum atomic E-state index is 11.9. The lowest BCUT2D eigenvalue weighted by molar-refractivity contribution is -0.385. The first-order valence-electron chi connectivity index (χ1n) is 6.95. The Morgan fingerprint density at radius 1 is 1.30 bits per heavy atom. The van der Waals surface area contributed by atoms with Crippen molar-refractivity contribution in [3.05, 3.63) is 64.2 Å². The number of aliphatic hydroxyl groups is 1. The summed E-state index contributed by atoms with van der Waals surface area (Å²) in [6.07, 6.45) is -0.648. The van der Waals surface area contributed by atoms with E-state index in [-0.39, 0.29) is 23.9 Å². The summed E-state index contributed by atoms with van der Waals surface area (Å²) in [5.74, 6) is 0.0435. The predicted molar refractivity (Wildman–Crippen MR) is 83.6 cm³/mol. The van der Waals surface area contributed by atoms with Crippen molar-refractivity contribution in [3.63, 3.8) is 0 Å². The summed E-state index contributed by atoms with van der Waals surface area (Å²) >= 11 is 0. The number of rotatable bonds is 6. The van der Waals surface area contributed by atoms with Gasteiger partial charge in [-0.3, -0.25) is 14.9 Å². The van der Waals surface area contributed by atoms with Gasteiger partial charge >= 0.3 is 5.69 Å². The van der Waals surface area contributed by atoms with Gasteiger partial charge in [-0.1, -0.05) is 18.2 Å². The molecule has 0 saturated heterocycles. The van der Waals surface area contributed by atoms with Crippen LogP contribution in [0.2, 0.25) is 0 Å². The van der Waals surface area contributed by atoms with Crippen LogP contribution in [0.25, 0.3) is 0 Å². The van der Waals surface area contributed by atoms with Crippen LogP contribution in [-0.2, 0) is 0 Å². The van der Waals surface area contributed by atoms with E-state index >= 15 is 0 Å². The molecule has 0 aliphatic carbocycles. The molecule has 0 aliphatic heterocycles. The minimum Gasteiger partial charge on any atom is -0.450 e. The van der Waals surface area contributed by atoms with E-state index in [1.54, 1.807) is 37.3 Å². The Kier molecular flexibility index (Phi) is 5.27. The fourth-order valence-corrected chi connectivity index (χ4v) is 1.86. The van der Waals surface area contributed by atoms with Crippen LogP contribution in [0.4, 0.5) is 5.69 Å². The zero-order valence-electron chi connectivity index (χ0n) is 12.4. The van der Waals surface area contributed by atoms with Crippen molar-refractivity contribution in [1.29, 1.82) is 0 Å². The number of nitro benzene ring substituents is 1. The normalized spacial score (nSPS) is 11.6. The highest BCUT2D eigenvalue weighted by atomic mass is 16.6. The maximum absolute atomic E-state index is 11.9. The second kappa shape index (κ2) is 7.37. The number of aliphatic hydroxyl groups excluding tert-OH is 1. The molecule has 1 atom stereocenters. The largest absolute Gasteiger partial charge is 0.450 e. The van der Waals surface area contributed by atoms with Gasteiger partial charge in [0.25, 0.3) is 5.91 Å². The standard InChI is InChI=1S/C16H16N2O5/c1-11(19)10-17-16(20)12-5-4-6-13(9-12)23-15-8-3-2-7-14(15)18(21)22/h2-9,11,19H,10H2,1H3,(H,17,20)/t11-/m0/s1. The van der Waals surface area contributed by atoms with Gasteiger partial charge in [0.15, 0.2) is 0 Å². The average molecular weight is 316 g/mol. The van der Waals surface area contributed by atoms with Crippen LogP contribution in [0.1, 0.15) is 17.3 Å². The molecule has 2 aromatic carbocycles. The molecule has 0 fully saturated rings. The fourth-order valence-electron chi connectivity index (χ4n) is 1.86. The lowest BCUT2D eigenvalue weighted by Gasteiger charge is -2.09. The summed E-state index contributed by atoms with van der Waals surface area (Å²) in [5.41, 5.74) is 0.179. The van der Waals surface area contributed by atoms with Crippen molar-refractivity contribution in [2.75, 3.05) is 6.54 Å². The van der Waals surface area contributed by atoms with Gasteiger partial charge in [-0.2, -0.15) is 0 Å². The molecule has 1 amide bonds. The van der Waals surface area contributed by atoms with E-state index in [4.69, 9.17) is 4.74 Å². The van der Waals surface area contributed by atoms with Crippen molar-refractivity contribution in [1.82, 2.24) is 5.32 Å². The summed E-state index contributed by atoms with van der Waals surface area (Å²) in [6, 6.07) is 12.3. The minimum atomic E-state index is -0.648. The predicted octanol–water partition coefficient (Wildman–Crippen LogP) is 2.50. The van der Waals surface area contributed by atoms with Gasteiger partial charge < -0.3 is 15.2 Å². The monoisotopic (exact) mass is 316 g/mol. The molecule has 7 heteroatoms. The molecule has 0 bridgehead atoms. The molecule has 2 rings (SSSR count). The SMILES string of the molecule is C[C@H](O)CNC(=O)c1cccc(Oc2ccccc2[N+](=O)[O-])c1. The van der Waals surface area contributed by atoms with E-state index < -0.39 is 11.0 Å². The van der Waals surface area contributed by atoms with Crippen molar-refractivity contribution < 1.29 is 19.6 Å². The Morgan fingerprint density at radius 3 is 2.74 bits per heavy atom. The number of nitrogens with one attached hydrogen (secondary N) is 1. The molecular weight excluding hydrogens is 300 g/mol. The first-order chi connectivity index (χ1) is 11.0. The Bertz CT molecular complexity index is 715. The number of hydrogen-bond acceptors (Lipinski definition) is 5. The third-order valence-corrected chi connectivity index (χ3v) is 2.94. The first kappa shape index (κ1) is 16.4. The Balaban J connectivity index is 2.18. The molecule has 0 unspecified atom stereocenters. The highest BCUT2D eigenvalue weighted by molar-refractivity contribution is 5.94. The van der Waals surface area contributed by atoms with Crippen LogP contribution in [-0.4, -0.2) is 28.6 Å². The number of hydrogen-bond donors (Lipinski definition) is 2. The van der Waals surface area contributed by atoms with Gasteiger partial charge in [-0.25, -0.2) is 0 Å². The maximum Gasteiger partial charge on any atom is 0.311 e. The van der Waals surface area contributed by atoms with E-state index in [1.807, 2.05) is 0 Å². The molecule has 2 N–H and O–H groups in total. The minimum absolute atomic E-state index is 0.0963. The zero-order valence-corrected chi connectivity index (χ0v) is 12.4. The number of benzene rings is 2. The van der Waals surface area contributed by atoms with E-state index in [9.17, 15) is 20.0 Å². The first-order valence-corrected chi connectivity index (χ1v) is 6.95. The highest BCUT2D eigenvalue weighted by Gasteiger charge is 2.15. The second-order valence-electron chi connectivity index (χ2n) is 4.91. The number of nitro groups is 1. The second-order valence-corrected chi connectivity index (χ2v) is 4.91. The quantitative estimate of drug-likeness (QED) is 0.630. The molecule has 0 aromatic heterocycles. The number of ether oxygens (including phenoxy) is 1. The smallest absolute Gasteiger partial charge is 0.311 e. The van der Waals surface area contributed by atoms with Crippen LogP contribution in [0, 0.1) is 10.1 Å². The van der Waals surface area contributed by atoms with Gasteiger partial charge in [0.05, 0.1) is 11.0 Å². The molecule has 0 aliphatic rings. The van der Waals surface area contributed by atoms with E-state index in [0.29, 0.717) is 11.3 Å². The lowest BCUT2D eigenvalue weighted by Crippen LogP contribution is -2.30. The molecule has 7 nitrogen and oxygen atoms in total. The molecule has 0 heterocycles. The molecular formula is C16H16N2O5. The lowest BCUT2D eigenvalue weighted by atomic mass is 10.2. The van der Waals surface area contributed by atoms with Crippen LogP contribution < -0.4 is 10.1 Å². The van der Waals surface area contributed by atoms with Crippen molar-refractivity contribution in [2.24, 2.45) is 0 Å². The van der Waals surface area contributed by atoms with Crippen molar-refractivity contribution in [2.45, 2.75) is 13.0 Å². The Hall–Kier alpha value is -2.93. The van der Waals surface area contributed by atoms with E-state index in [1.165, 1.54) is 18.2 Å². The van der Waals surface area contributed by atoms with Gasteiger partial charge in [-0.05, 0) is 31.2 Å². The number of carbonyl (C=O) groups excluding carboxylic acids is 1. The molecule has 0 radical (unpaired) electrons. The van der Waals surface area contributed by atoms with Gasteiger partial charge in [-0.15, -0.1) is 0 Å². The van der Waals surface area contributed by atoms with Gasteiger partial charge in [0, 0.05) is 18.2 Å². The molecule has 0 saturated carbocycles. The average Bonchev–Trinajstić information content (AvgIpc) is 2.53. The molecule has 23 heavy (non-hydrogen) atoms. The number of nitrogens with zero attached hydrogens (tertiary/aromatic N) is 1. The van der Waals surface area contributed by atoms with Crippen molar-refractivity contribution >= 4 is 11.6 Å². The van der Waals surface area contributed by atoms with E-state index in [0.717, 1.165) is 0 Å². The van der Waals surface area contributed by atoms with Gasteiger partial charge in [0.1, 0.15) is 5.75 Å². The topological polar surface area (TPSA) is 102 Å². The van der Waals surface area contributed by atoms with Crippen LogP contribution in [0.3, 0.4) is 0 Å². The summed E-state index contributed by atoms with van der Waals surface area (Å²) in [7, 11) is 0. The Labute approximate surface area is 132 Å². The molecule has 0 spiro atoms. The number of carbonyl (C=O) groups is 1. The number of amides is 1. The summed E-state index contributed by atoms with van der Waals surface area (Å²) in [4.78, 5) is 22.4. The Morgan fingerprint density at radius 2 is 2.04 bits per heavy atom. The summed E-state index contributed by atoms with van der Waals surface area (Å²) < 4.78 is 5.52. The van der Waals surface area contributed by atoms with Crippen LogP contribution >= 0.6 is 0 Å². The molecule has 2 aromatic rings. The zero-order chi connectivity index (χ0) is 16.8. The third-order valence-electron chi connectivity index (χ3n) is 2.94. The number of para-hydroxylation sites is 2. The van der Waals surface area contributed by atoms with Crippen molar-refractivity contribution in [3.8, 4) is 11.5 Å². The van der Waals surface area contributed by atoms with E-state index in [2.05, 4.69) is 5.32 Å². The van der Waals surface area contributed by atoms with Crippen LogP contribution in [0.5, 0.6) is 11.5 Å². The summed E-state index contributed by atoms with van der Waals surface area (Å²) in [5, 5.41) is 22.7. The molecule has 120 valence electrons. The van der Waals surface area contributed by atoms with Crippen LogP contribution in [0.15, 0.2) is 48.5 Å². The fraction of sp³-hybridized carbons (Fsp3) is 0.188. The van der Waals surface area contributed by atoms with Gasteiger partial charge in [0.2, 0.25) is 5.75 Å².